The van der Waals surface area contributed by atoms with E-state index >= 15 is 0 Å². The number of ether oxygens (including phenoxy) is 1. The monoisotopic (exact) mass is 298 g/mol. The second kappa shape index (κ2) is 7.50. The Morgan fingerprint density at radius 3 is 2.32 bits per heavy atom. The second-order valence-electron chi connectivity index (χ2n) is 5.35. The van der Waals surface area contributed by atoms with Gasteiger partial charge in [0.2, 0.25) is 0 Å². The van der Waals surface area contributed by atoms with Crippen molar-refractivity contribution in [1.82, 2.24) is 5.32 Å². The number of rotatable bonds is 6. The van der Waals surface area contributed by atoms with Crippen molar-refractivity contribution >= 4 is 11.6 Å². The molecule has 0 bridgehead atoms. The van der Waals surface area contributed by atoms with Gasteiger partial charge < -0.3 is 15.0 Å². The van der Waals surface area contributed by atoms with Crippen LogP contribution in [0.15, 0.2) is 54.6 Å². The van der Waals surface area contributed by atoms with Gasteiger partial charge in [-0.2, -0.15) is 0 Å². The molecule has 0 unspecified atom stereocenters. The Balaban J connectivity index is 1.84. The van der Waals surface area contributed by atoms with E-state index in [0.717, 1.165) is 11.3 Å². The lowest BCUT2D eigenvalue weighted by Gasteiger charge is -2.15. The van der Waals surface area contributed by atoms with E-state index < -0.39 is 6.10 Å². The molecule has 1 N–H and O–H groups in total. The fourth-order valence-electron chi connectivity index (χ4n) is 2.00. The minimum Gasteiger partial charge on any atom is -0.481 e. The zero-order valence-electron chi connectivity index (χ0n) is 13.2. The first-order valence-electron chi connectivity index (χ1n) is 7.32. The highest BCUT2D eigenvalue weighted by Crippen LogP contribution is 2.13. The van der Waals surface area contributed by atoms with Gasteiger partial charge in [0.05, 0.1) is 0 Å². The van der Waals surface area contributed by atoms with Gasteiger partial charge in [-0.15, -0.1) is 0 Å². The van der Waals surface area contributed by atoms with Gasteiger partial charge in [-0.1, -0.05) is 30.3 Å². The number of amides is 1. The Morgan fingerprint density at radius 1 is 1.09 bits per heavy atom. The van der Waals surface area contributed by atoms with Crippen LogP contribution in [0.5, 0.6) is 5.75 Å². The molecule has 1 atom stereocenters. The minimum atomic E-state index is -0.525. The summed E-state index contributed by atoms with van der Waals surface area (Å²) in [6.45, 7) is 2.24. The number of anilines is 1. The lowest BCUT2D eigenvalue weighted by Crippen LogP contribution is -2.35. The summed E-state index contributed by atoms with van der Waals surface area (Å²) in [6, 6.07) is 17.4. The van der Waals surface area contributed by atoms with E-state index in [4.69, 9.17) is 4.74 Å². The third-order valence-electron chi connectivity index (χ3n) is 3.34. The summed E-state index contributed by atoms with van der Waals surface area (Å²) in [4.78, 5) is 14.1. The van der Waals surface area contributed by atoms with Gasteiger partial charge in [0.15, 0.2) is 6.10 Å². The lowest BCUT2D eigenvalue weighted by molar-refractivity contribution is -0.127. The minimum absolute atomic E-state index is 0.125. The van der Waals surface area contributed by atoms with Crippen molar-refractivity contribution in [3.63, 3.8) is 0 Å². The fourth-order valence-corrected chi connectivity index (χ4v) is 2.00. The van der Waals surface area contributed by atoms with Crippen LogP contribution in [0, 0.1) is 0 Å². The van der Waals surface area contributed by atoms with Crippen molar-refractivity contribution in [1.29, 1.82) is 0 Å². The molecule has 2 aromatic carbocycles. The molecular weight excluding hydrogens is 276 g/mol. The van der Waals surface area contributed by atoms with E-state index in [1.54, 1.807) is 6.92 Å². The second-order valence-corrected chi connectivity index (χ2v) is 5.35. The summed E-state index contributed by atoms with van der Waals surface area (Å²) in [5.41, 5.74) is 2.20. The highest BCUT2D eigenvalue weighted by molar-refractivity contribution is 5.80. The first kappa shape index (κ1) is 15.9. The van der Waals surface area contributed by atoms with E-state index in [1.807, 2.05) is 73.6 Å². The van der Waals surface area contributed by atoms with Crippen LogP contribution in [-0.4, -0.2) is 26.1 Å². The number of nitrogens with zero attached hydrogens (tertiary/aromatic N) is 1. The van der Waals surface area contributed by atoms with Crippen LogP contribution in [0.1, 0.15) is 12.5 Å². The van der Waals surface area contributed by atoms with Crippen LogP contribution in [-0.2, 0) is 11.3 Å². The van der Waals surface area contributed by atoms with Crippen molar-refractivity contribution in [2.45, 2.75) is 19.6 Å². The number of carbonyl (C=O) groups is 1. The van der Waals surface area contributed by atoms with Crippen molar-refractivity contribution in [3.8, 4) is 5.75 Å². The normalized spacial score (nSPS) is 11.6. The van der Waals surface area contributed by atoms with Gasteiger partial charge in [0.25, 0.3) is 5.91 Å². The Hall–Kier alpha value is -2.49. The van der Waals surface area contributed by atoms with E-state index in [9.17, 15) is 4.79 Å². The Morgan fingerprint density at radius 2 is 1.73 bits per heavy atom. The molecule has 0 aliphatic carbocycles. The zero-order valence-corrected chi connectivity index (χ0v) is 13.2. The highest BCUT2D eigenvalue weighted by Gasteiger charge is 2.13. The maximum Gasteiger partial charge on any atom is 0.261 e. The summed E-state index contributed by atoms with van der Waals surface area (Å²) in [7, 11) is 4.00. The van der Waals surface area contributed by atoms with Crippen LogP contribution in [0.3, 0.4) is 0 Å². The summed E-state index contributed by atoms with van der Waals surface area (Å²) in [5.74, 6) is 0.570. The van der Waals surface area contributed by atoms with Gasteiger partial charge in [0, 0.05) is 26.3 Å². The molecule has 0 saturated carbocycles. The summed E-state index contributed by atoms with van der Waals surface area (Å²) < 4.78 is 5.60. The smallest absolute Gasteiger partial charge is 0.261 e. The first-order chi connectivity index (χ1) is 10.6. The highest BCUT2D eigenvalue weighted by atomic mass is 16.5. The maximum absolute atomic E-state index is 12.1. The summed E-state index contributed by atoms with van der Waals surface area (Å²) in [6.07, 6.45) is -0.525. The van der Waals surface area contributed by atoms with Crippen molar-refractivity contribution in [3.05, 3.63) is 60.2 Å². The van der Waals surface area contributed by atoms with E-state index in [-0.39, 0.29) is 5.91 Å². The van der Waals surface area contributed by atoms with Gasteiger partial charge in [-0.3, -0.25) is 4.79 Å². The molecule has 4 heteroatoms. The molecule has 0 radical (unpaired) electrons. The number of hydrogen-bond donors (Lipinski definition) is 1. The molecule has 0 fully saturated rings. The molecule has 0 aliphatic heterocycles. The fraction of sp³-hybridized carbons (Fsp3) is 0.278. The van der Waals surface area contributed by atoms with E-state index in [1.165, 1.54) is 0 Å². The quantitative estimate of drug-likeness (QED) is 0.891. The molecule has 0 saturated heterocycles. The number of hydrogen-bond acceptors (Lipinski definition) is 3. The molecule has 0 spiro atoms. The van der Waals surface area contributed by atoms with E-state index in [0.29, 0.717) is 12.3 Å². The predicted octanol–water partition coefficient (Wildman–Crippen LogP) is 2.84. The van der Waals surface area contributed by atoms with Crippen molar-refractivity contribution in [2.24, 2.45) is 0 Å². The third-order valence-corrected chi connectivity index (χ3v) is 3.34. The van der Waals surface area contributed by atoms with Crippen LogP contribution in [0.25, 0.3) is 0 Å². The number of nitrogens with one attached hydrogen (secondary N) is 1. The Bertz CT molecular complexity index is 594. The summed E-state index contributed by atoms with van der Waals surface area (Å²) >= 11 is 0. The molecule has 22 heavy (non-hydrogen) atoms. The van der Waals surface area contributed by atoms with Gasteiger partial charge in [-0.25, -0.2) is 0 Å². The zero-order chi connectivity index (χ0) is 15.9. The van der Waals surface area contributed by atoms with Crippen molar-refractivity contribution < 1.29 is 9.53 Å². The van der Waals surface area contributed by atoms with E-state index in [2.05, 4.69) is 5.32 Å². The average Bonchev–Trinajstić information content (AvgIpc) is 2.53. The van der Waals surface area contributed by atoms with Gasteiger partial charge >= 0.3 is 0 Å². The molecule has 116 valence electrons. The van der Waals surface area contributed by atoms with Gasteiger partial charge in [-0.05, 0) is 36.8 Å². The molecule has 4 nitrogen and oxygen atoms in total. The van der Waals surface area contributed by atoms with Crippen LogP contribution >= 0.6 is 0 Å². The molecule has 2 aromatic rings. The molecule has 2 rings (SSSR count). The molecule has 0 heterocycles. The number of benzene rings is 2. The summed E-state index contributed by atoms with van der Waals surface area (Å²) in [5, 5.41) is 2.89. The van der Waals surface area contributed by atoms with Gasteiger partial charge in [0.1, 0.15) is 5.75 Å². The largest absolute Gasteiger partial charge is 0.481 e. The third kappa shape index (κ3) is 4.52. The van der Waals surface area contributed by atoms with Crippen LogP contribution < -0.4 is 15.0 Å². The Labute approximate surface area is 131 Å². The lowest BCUT2D eigenvalue weighted by atomic mass is 10.2. The van der Waals surface area contributed by atoms with Crippen molar-refractivity contribution in [2.75, 3.05) is 19.0 Å². The molecular formula is C18H22N2O2. The molecule has 1 amide bonds. The molecule has 0 aliphatic rings. The number of para-hydroxylation sites is 1. The SMILES string of the molecule is C[C@H](Oc1ccccc1)C(=O)NCc1ccc(N(C)C)cc1. The predicted molar refractivity (Wildman–Crippen MR) is 89.1 cm³/mol. The van der Waals surface area contributed by atoms with Crippen LogP contribution in [0.2, 0.25) is 0 Å². The van der Waals surface area contributed by atoms with Crippen LogP contribution in [0.4, 0.5) is 5.69 Å². The topological polar surface area (TPSA) is 41.6 Å². The first-order valence-corrected chi connectivity index (χ1v) is 7.32. The average molecular weight is 298 g/mol. The number of carbonyl (C=O) groups excluding carboxylic acids is 1. The molecule has 0 aromatic heterocycles. The maximum atomic E-state index is 12.1. The standard InChI is InChI=1S/C18H22N2O2/c1-14(22-17-7-5-4-6-8-17)18(21)19-13-15-9-11-16(12-10-15)20(2)3/h4-12,14H,13H2,1-3H3,(H,19,21)/t14-/m0/s1. The Kier molecular flexibility index (Phi) is 5.42.